The molecule has 1 saturated carbocycles. The number of fused-ring (bicyclic) bond motifs is 1. The Morgan fingerprint density at radius 2 is 2.04 bits per heavy atom. The van der Waals surface area contributed by atoms with Crippen LogP contribution in [-0.2, 0) is 18.4 Å². The first-order chi connectivity index (χ1) is 13.6. The summed E-state index contributed by atoms with van der Waals surface area (Å²) in [6, 6.07) is 10.2. The number of amides is 1. The Balaban J connectivity index is 1.37. The molecule has 1 saturated heterocycles. The lowest BCUT2D eigenvalue weighted by Crippen LogP contribution is -2.35. The van der Waals surface area contributed by atoms with Gasteiger partial charge in [-0.25, -0.2) is 9.89 Å². The third kappa shape index (κ3) is 2.85. The number of nitrogens with one attached hydrogen (secondary N) is 1. The molecule has 2 aromatic heterocycles. The number of rotatable bonds is 5. The number of aromatic nitrogens is 4. The van der Waals surface area contributed by atoms with E-state index in [2.05, 4.69) is 33.0 Å². The number of aromatic amines is 1. The minimum atomic E-state index is -0.220. The summed E-state index contributed by atoms with van der Waals surface area (Å²) in [5.74, 6) is 1.90. The summed E-state index contributed by atoms with van der Waals surface area (Å²) < 4.78 is 3.70. The summed E-state index contributed by atoms with van der Waals surface area (Å²) in [7, 11) is 1.73. The second-order valence-corrected chi connectivity index (χ2v) is 8.09. The zero-order valence-corrected chi connectivity index (χ0v) is 16.0. The highest BCUT2D eigenvalue weighted by Crippen LogP contribution is 2.49. The Labute approximate surface area is 163 Å². The minimum Gasteiger partial charge on any atom is -0.347 e. The topological polar surface area (TPSA) is 75.9 Å². The van der Waals surface area contributed by atoms with E-state index in [-0.39, 0.29) is 17.6 Å². The zero-order chi connectivity index (χ0) is 19.3. The van der Waals surface area contributed by atoms with Gasteiger partial charge in [0.25, 0.3) is 0 Å². The van der Waals surface area contributed by atoms with Gasteiger partial charge in [0.15, 0.2) is 5.82 Å². The maximum Gasteiger partial charge on any atom is 0.343 e. The lowest BCUT2D eigenvalue weighted by molar-refractivity contribution is -0.133. The summed E-state index contributed by atoms with van der Waals surface area (Å²) >= 11 is 0. The molecule has 2 fully saturated rings. The molecule has 7 nitrogen and oxygen atoms in total. The maximum atomic E-state index is 13.2. The molecule has 0 bridgehead atoms. The normalized spacial score (nSPS) is 22.2. The molecule has 5 rings (SSSR count). The number of carbonyl (C=O) groups excluding carboxylic acids is 1. The van der Waals surface area contributed by atoms with E-state index in [0.29, 0.717) is 30.6 Å². The molecule has 1 aromatic carbocycles. The molecule has 2 unspecified atom stereocenters. The second-order valence-electron chi connectivity index (χ2n) is 8.09. The number of nitrogens with zero attached hydrogens (tertiary/aromatic N) is 4. The van der Waals surface area contributed by atoms with E-state index >= 15 is 0 Å². The third-order valence-electron chi connectivity index (χ3n) is 6.42. The van der Waals surface area contributed by atoms with Crippen molar-refractivity contribution in [3.8, 4) is 0 Å². The highest BCUT2D eigenvalue weighted by atomic mass is 16.2. The number of hydrogen-bond acceptors (Lipinski definition) is 3. The average molecular weight is 379 g/mol. The summed E-state index contributed by atoms with van der Waals surface area (Å²) in [6.45, 7) is 1.40. The number of carbonyl (C=O) groups is 1. The largest absolute Gasteiger partial charge is 0.347 e. The van der Waals surface area contributed by atoms with Gasteiger partial charge in [-0.2, -0.15) is 5.10 Å². The van der Waals surface area contributed by atoms with Crippen LogP contribution < -0.4 is 5.69 Å². The van der Waals surface area contributed by atoms with Crippen LogP contribution in [0, 0.1) is 11.8 Å². The van der Waals surface area contributed by atoms with Crippen molar-refractivity contribution >= 4 is 16.8 Å². The van der Waals surface area contributed by atoms with Crippen molar-refractivity contribution in [1.29, 1.82) is 0 Å². The van der Waals surface area contributed by atoms with Gasteiger partial charge in [-0.15, -0.1) is 0 Å². The third-order valence-corrected chi connectivity index (χ3v) is 6.42. The molecule has 1 aliphatic carbocycles. The lowest BCUT2D eigenvalue weighted by atomic mass is 9.94. The molecule has 1 N–H and O–H groups in total. The predicted molar refractivity (Wildman–Crippen MR) is 106 cm³/mol. The van der Waals surface area contributed by atoms with Gasteiger partial charge in [0.05, 0.1) is 6.04 Å². The number of para-hydroxylation sites is 1. The molecule has 2 atom stereocenters. The van der Waals surface area contributed by atoms with E-state index in [1.54, 1.807) is 11.6 Å². The van der Waals surface area contributed by atoms with Crippen LogP contribution >= 0.6 is 0 Å². The van der Waals surface area contributed by atoms with Gasteiger partial charge in [0.1, 0.15) is 0 Å². The summed E-state index contributed by atoms with van der Waals surface area (Å²) in [6.07, 6.45) is 5.93. The SMILES string of the molecule is Cn1c(C2C(C3CC3)CCN2C(=O)CCn2ccc3ccccc32)n[nH]c1=O. The first-order valence-electron chi connectivity index (χ1n) is 10.1. The van der Waals surface area contributed by atoms with E-state index in [0.717, 1.165) is 18.5 Å². The number of hydrogen-bond donors (Lipinski definition) is 1. The molecule has 28 heavy (non-hydrogen) atoms. The Bertz CT molecular complexity index is 1070. The van der Waals surface area contributed by atoms with Gasteiger partial charge in [-0.1, -0.05) is 18.2 Å². The van der Waals surface area contributed by atoms with Gasteiger partial charge >= 0.3 is 5.69 Å². The number of benzene rings is 1. The smallest absolute Gasteiger partial charge is 0.343 e. The Hall–Kier alpha value is -2.83. The summed E-state index contributed by atoms with van der Waals surface area (Å²) in [5, 5.41) is 8.00. The lowest BCUT2D eigenvalue weighted by Gasteiger charge is -2.27. The molecule has 0 spiro atoms. The molecule has 3 heterocycles. The Morgan fingerprint density at radius 3 is 2.79 bits per heavy atom. The van der Waals surface area contributed by atoms with E-state index in [1.807, 2.05) is 23.2 Å². The van der Waals surface area contributed by atoms with E-state index < -0.39 is 0 Å². The number of likely N-dealkylation sites (tertiary alicyclic amines) is 1. The van der Waals surface area contributed by atoms with Gasteiger partial charge in [0.2, 0.25) is 5.91 Å². The molecular formula is C21H25N5O2. The van der Waals surface area contributed by atoms with Crippen molar-refractivity contribution in [2.75, 3.05) is 6.54 Å². The fourth-order valence-electron chi connectivity index (χ4n) is 4.76. The van der Waals surface area contributed by atoms with Crippen molar-refractivity contribution in [2.45, 2.75) is 38.3 Å². The van der Waals surface area contributed by atoms with E-state index in [1.165, 1.54) is 18.2 Å². The molecule has 0 radical (unpaired) electrons. The fourth-order valence-corrected chi connectivity index (χ4v) is 4.76. The zero-order valence-electron chi connectivity index (χ0n) is 16.0. The van der Waals surface area contributed by atoms with Crippen LogP contribution in [0.25, 0.3) is 10.9 Å². The van der Waals surface area contributed by atoms with E-state index in [9.17, 15) is 9.59 Å². The Morgan fingerprint density at radius 1 is 1.21 bits per heavy atom. The first-order valence-corrected chi connectivity index (χ1v) is 10.1. The molecule has 7 heteroatoms. The standard InChI is InChI=1S/C21H25N5O2/c1-24-20(22-23-21(24)28)19-16(14-6-7-14)9-13-26(19)18(27)10-12-25-11-8-15-4-2-3-5-17(15)25/h2-5,8,11,14,16,19H,6-7,9-10,12-13H2,1H3,(H,23,28). The van der Waals surface area contributed by atoms with Crippen LogP contribution in [0.1, 0.15) is 37.5 Å². The van der Waals surface area contributed by atoms with Gasteiger partial charge in [-0.05, 0) is 48.6 Å². The molecule has 1 amide bonds. The van der Waals surface area contributed by atoms with Crippen LogP contribution in [0.4, 0.5) is 0 Å². The summed E-state index contributed by atoms with van der Waals surface area (Å²) in [4.78, 5) is 27.0. The molecule has 2 aliphatic rings. The Kier molecular flexibility index (Phi) is 4.10. The average Bonchev–Trinajstić information content (AvgIpc) is 3.19. The second kappa shape index (κ2) is 6.65. The van der Waals surface area contributed by atoms with Crippen LogP contribution in [0.3, 0.4) is 0 Å². The predicted octanol–water partition coefficient (Wildman–Crippen LogP) is 2.45. The van der Waals surface area contributed by atoms with Crippen LogP contribution in [-0.4, -0.2) is 36.7 Å². The molecule has 3 aromatic rings. The van der Waals surface area contributed by atoms with Crippen molar-refractivity contribution in [3.05, 3.63) is 52.8 Å². The van der Waals surface area contributed by atoms with Crippen molar-refractivity contribution < 1.29 is 4.79 Å². The van der Waals surface area contributed by atoms with Crippen molar-refractivity contribution in [2.24, 2.45) is 18.9 Å². The molecule has 1 aliphatic heterocycles. The van der Waals surface area contributed by atoms with Crippen molar-refractivity contribution in [1.82, 2.24) is 24.2 Å². The maximum absolute atomic E-state index is 13.2. The minimum absolute atomic E-state index is 0.0923. The molecular weight excluding hydrogens is 354 g/mol. The van der Waals surface area contributed by atoms with Crippen LogP contribution in [0.2, 0.25) is 0 Å². The summed E-state index contributed by atoms with van der Waals surface area (Å²) in [5.41, 5.74) is 0.932. The van der Waals surface area contributed by atoms with Crippen LogP contribution in [0.15, 0.2) is 41.3 Å². The van der Waals surface area contributed by atoms with Crippen LogP contribution in [0.5, 0.6) is 0 Å². The van der Waals surface area contributed by atoms with Gasteiger partial charge < -0.3 is 9.47 Å². The van der Waals surface area contributed by atoms with E-state index in [4.69, 9.17) is 0 Å². The first kappa shape index (κ1) is 17.3. The fraction of sp³-hybridized carbons (Fsp3) is 0.476. The monoisotopic (exact) mass is 379 g/mol. The number of aryl methyl sites for hydroxylation is 1. The molecule has 146 valence electrons. The van der Waals surface area contributed by atoms with Gasteiger partial charge in [0, 0.05) is 38.3 Å². The highest BCUT2D eigenvalue weighted by molar-refractivity contribution is 5.81. The van der Waals surface area contributed by atoms with Gasteiger partial charge in [-0.3, -0.25) is 9.36 Å². The quantitative estimate of drug-likeness (QED) is 0.740. The highest BCUT2D eigenvalue weighted by Gasteiger charge is 2.47. The number of H-pyrrole nitrogens is 1. The van der Waals surface area contributed by atoms with Crippen molar-refractivity contribution in [3.63, 3.8) is 0 Å².